The summed E-state index contributed by atoms with van der Waals surface area (Å²) >= 11 is 0. The molecule has 0 aliphatic rings. The summed E-state index contributed by atoms with van der Waals surface area (Å²) in [6.07, 6.45) is -2.42. The van der Waals surface area contributed by atoms with Crippen LogP contribution >= 0.6 is 0 Å². The van der Waals surface area contributed by atoms with Crippen LogP contribution in [0.1, 0.15) is 6.42 Å². The van der Waals surface area contributed by atoms with Gasteiger partial charge in [-0.15, -0.1) is 5.10 Å². The van der Waals surface area contributed by atoms with Crippen molar-refractivity contribution in [2.45, 2.75) is 19.1 Å². The van der Waals surface area contributed by atoms with Crippen LogP contribution in [0.3, 0.4) is 0 Å². The van der Waals surface area contributed by atoms with Gasteiger partial charge in [-0.1, -0.05) is 0 Å². The Hall–Kier alpha value is -1.31. The van der Waals surface area contributed by atoms with Crippen molar-refractivity contribution < 1.29 is 17.9 Å². The molecule has 0 spiro atoms. The molecule has 0 aromatic carbocycles. The van der Waals surface area contributed by atoms with E-state index in [1.54, 1.807) is 0 Å². The first-order valence-electron chi connectivity index (χ1n) is 4.27. The van der Waals surface area contributed by atoms with Crippen molar-refractivity contribution in [1.29, 1.82) is 0 Å². The maximum Gasteiger partial charge on any atom is 0.411 e. The van der Waals surface area contributed by atoms with Gasteiger partial charge >= 0.3 is 6.18 Å². The largest absolute Gasteiger partial charge is 0.411 e. The van der Waals surface area contributed by atoms with E-state index in [1.165, 1.54) is 11.0 Å². The van der Waals surface area contributed by atoms with Crippen molar-refractivity contribution in [3.05, 3.63) is 6.33 Å². The summed E-state index contributed by atoms with van der Waals surface area (Å²) in [4.78, 5) is 3.66. The Morgan fingerprint density at radius 3 is 2.73 bits per heavy atom. The van der Waals surface area contributed by atoms with Gasteiger partial charge in [0.05, 0.1) is 0 Å². The van der Waals surface area contributed by atoms with Gasteiger partial charge in [0, 0.05) is 13.2 Å². The Morgan fingerprint density at radius 1 is 1.47 bits per heavy atom. The van der Waals surface area contributed by atoms with E-state index in [9.17, 15) is 13.2 Å². The summed E-state index contributed by atoms with van der Waals surface area (Å²) in [5, 5.41) is 3.76. The average Bonchev–Trinajstić information content (AvgIpc) is 2.49. The molecular weight excluding hydrogens is 213 g/mol. The number of aryl methyl sites for hydroxylation is 1. The summed E-state index contributed by atoms with van der Waals surface area (Å²) in [7, 11) is 0. The lowest BCUT2D eigenvalue weighted by atomic mass is 10.4. The highest BCUT2D eigenvalue weighted by Crippen LogP contribution is 2.14. The summed E-state index contributed by atoms with van der Waals surface area (Å²) in [5.41, 5.74) is 5.24. The van der Waals surface area contributed by atoms with Crippen molar-refractivity contribution in [3.63, 3.8) is 0 Å². The fraction of sp³-hybridized carbons (Fsp3) is 0.714. The molecule has 15 heavy (non-hydrogen) atoms. The average molecular weight is 224 g/mol. The van der Waals surface area contributed by atoms with Crippen LogP contribution in [0.2, 0.25) is 0 Å². The highest BCUT2D eigenvalue weighted by Gasteiger charge is 2.27. The molecule has 0 aliphatic heterocycles. The Bertz CT molecular complexity index is 299. The van der Waals surface area contributed by atoms with Crippen molar-refractivity contribution in [2.75, 3.05) is 18.9 Å². The van der Waals surface area contributed by atoms with Crippen molar-refractivity contribution in [3.8, 4) is 0 Å². The quantitative estimate of drug-likeness (QED) is 0.752. The lowest BCUT2D eigenvalue weighted by Crippen LogP contribution is -2.17. The zero-order chi connectivity index (χ0) is 11.3. The molecule has 0 bridgehead atoms. The number of anilines is 1. The van der Waals surface area contributed by atoms with E-state index in [1.807, 2.05) is 0 Å². The summed E-state index contributed by atoms with van der Waals surface area (Å²) in [5.74, 6) is 0.145. The third-order valence-corrected chi connectivity index (χ3v) is 1.50. The van der Waals surface area contributed by atoms with E-state index in [2.05, 4.69) is 14.8 Å². The predicted molar refractivity (Wildman–Crippen MR) is 45.9 cm³/mol. The van der Waals surface area contributed by atoms with Crippen molar-refractivity contribution >= 4 is 5.95 Å². The lowest BCUT2D eigenvalue weighted by Gasteiger charge is -2.06. The first kappa shape index (κ1) is 11.8. The Morgan fingerprint density at radius 2 is 2.20 bits per heavy atom. The molecule has 0 amide bonds. The number of nitrogens with zero attached hydrogens (tertiary/aromatic N) is 3. The van der Waals surface area contributed by atoms with Gasteiger partial charge in [0.25, 0.3) is 0 Å². The molecule has 86 valence electrons. The molecule has 5 nitrogen and oxygen atoms in total. The minimum atomic E-state index is -4.27. The van der Waals surface area contributed by atoms with E-state index < -0.39 is 12.8 Å². The zero-order valence-corrected chi connectivity index (χ0v) is 7.87. The minimum Gasteiger partial charge on any atom is -0.372 e. The zero-order valence-electron chi connectivity index (χ0n) is 7.87. The number of alkyl halides is 3. The highest BCUT2D eigenvalue weighted by molar-refractivity contribution is 5.08. The minimum absolute atomic E-state index is 0.0271. The van der Waals surface area contributed by atoms with Gasteiger partial charge in [-0.3, -0.25) is 4.68 Å². The van der Waals surface area contributed by atoms with E-state index in [-0.39, 0.29) is 12.6 Å². The second-order valence-electron chi connectivity index (χ2n) is 2.89. The molecule has 2 N–H and O–H groups in total. The second kappa shape index (κ2) is 4.96. The molecule has 0 saturated carbocycles. The molecule has 0 fully saturated rings. The van der Waals surface area contributed by atoms with E-state index >= 15 is 0 Å². The van der Waals surface area contributed by atoms with Crippen LogP contribution in [0.4, 0.5) is 19.1 Å². The first-order chi connectivity index (χ1) is 6.97. The fourth-order valence-electron chi connectivity index (χ4n) is 0.933. The molecule has 8 heteroatoms. The molecule has 1 aromatic heterocycles. The maximum atomic E-state index is 11.6. The molecule has 0 aliphatic carbocycles. The Kier molecular flexibility index (Phi) is 3.89. The Balaban J connectivity index is 2.07. The summed E-state index contributed by atoms with van der Waals surface area (Å²) < 4.78 is 40.8. The van der Waals surface area contributed by atoms with Crippen LogP contribution in [0.5, 0.6) is 0 Å². The van der Waals surface area contributed by atoms with Crippen LogP contribution in [-0.4, -0.2) is 34.2 Å². The highest BCUT2D eigenvalue weighted by atomic mass is 19.4. The molecule has 0 saturated heterocycles. The molecular formula is C7H11F3N4O. The van der Waals surface area contributed by atoms with Crippen LogP contribution in [0.25, 0.3) is 0 Å². The number of rotatable bonds is 5. The van der Waals surface area contributed by atoms with E-state index in [0.717, 1.165) is 0 Å². The van der Waals surface area contributed by atoms with Crippen LogP contribution in [-0.2, 0) is 11.3 Å². The summed E-state index contributed by atoms with van der Waals surface area (Å²) in [6.45, 7) is -0.756. The molecule has 0 radical (unpaired) electrons. The van der Waals surface area contributed by atoms with Gasteiger partial charge in [-0.25, -0.2) is 4.98 Å². The number of nitrogens with two attached hydrogens (primary N) is 1. The van der Waals surface area contributed by atoms with Gasteiger partial charge < -0.3 is 10.5 Å². The number of halogens is 3. The number of aromatic nitrogens is 3. The number of hydrogen-bond acceptors (Lipinski definition) is 4. The molecule has 1 aromatic rings. The van der Waals surface area contributed by atoms with Crippen LogP contribution in [0, 0.1) is 0 Å². The Labute approximate surface area is 84.0 Å². The van der Waals surface area contributed by atoms with Crippen molar-refractivity contribution in [1.82, 2.24) is 14.8 Å². The first-order valence-corrected chi connectivity index (χ1v) is 4.27. The van der Waals surface area contributed by atoms with Gasteiger partial charge in [0.1, 0.15) is 12.9 Å². The van der Waals surface area contributed by atoms with Gasteiger partial charge in [0.15, 0.2) is 0 Å². The number of ether oxygens (including phenoxy) is 1. The monoisotopic (exact) mass is 224 g/mol. The fourth-order valence-corrected chi connectivity index (χ4v) is 0.933. The number of hydrogen-bond donors (Lipinski definition) is 1. The van der Waals surface area contributed by atoms with Crippen molar-refractivity contribution in [2.24, 2.45) is 0 Å². The smallest absolute Gasteiger partial charge is 0.372 e. The maximum absolute atomic E-state index is 11.6. The topological polar surface area (TPSA) is 66.0 Å². The lowest BCUT2D eigenvalue weighted by molar-refractivity contribution is -0.174. The van der Waals surface area contributed by atoms with Gasteiger partial charge in [-0.2, -0.15) is 13.2 Å². The van der Waals surface area contributed by atoms with Gasteiger partial charge in [-0.05, 0) is 6.42 Å². The standard InChI is InChI=1S/C7H11F3N4O/c8-7(9,10)4-15-3-1-2-14-5-12-6(11)13-14/h5H,1-4H2,(H2,11,13). The second-order valence-corrected chi connectivity index (χ2v) is 2.89. The molecule has 0 atom stereocenters. The SMILES string of the molecule is Nc1ncn(CCCOCC(F)(F)F)n1. The van der Waals surface area contributed by atoms with E-state index in [4.69, 9.17) is 5.73 Å². The van der Waals surface area contributed by atoms with Crippen LogP contribution in [0.15, 0.2) is 6.33 Å². The van der Waals surface area contributed by atoms with Crippen LogP contribution < -0.4 is 5.73 Å². The number of nitrogen functional groups attached to an aromatic ring is 1. The molecule has 0 unspecified atom stereocenters. The third kappa shape index (κ3) is 5.21. The summed E-state index contributed by atoms with van der Waals surface area (Å²) in [6, 6.07) is 0. The molecule has 1 heterocycles. The predicted octanol–water partition coefficient (Wildman–Crippen LogP) is 0.829. The van der Waals surface area contributed by atoms with E-state index in [0.29, 0.717) is 13.0 Å². The van der Waals surface area contributed by atoms with Gasteiger partial charge in [0.2, 0.25) is 5.95 Å². The third-order valence-electron chi connectivity index (χ3n) is 1.50. The normalized spacial score (nSPS) is 11.9. The molecule has 1 rings (SSSR count).